The van der Waals surface area contributed by atoms with E-state index in [1.54, 1.807) is 4.68 Å². The van der Waals surface area contributed by atoms with E-state index in [9.17, 15) is 9.90 Å². The average molecular weight is 467 g/mol. The number of nitrogens with zero attached hydrogens (tertiary/aromatic N) is 4. The highest BCUT2D eigenvalue weighted by molar-refractivity contribution is 9.10. The first-order valence-electron chi connectivity index (χ1n) is 9.39. The van der Waals surface area contributed by atoms with Crippen LogP contribution in [0.1, 0.15) is 41.4 Å². The summed E-state index contributed by atoms with van der Waals surface area (Å²) in [6.07, 6.45) is 0. The third-order valence-electron chi connectivity index (χ3n) is 4.71. The number of benzene rings is 2. The quantitative estimate of drug-likeness (QED) is 0.418. The van der Waals surface area contributed by atoms with Crippen LogP contribution in [0.4, 0.5) is 0 Å². The third-order valence-corrected chi connectivity index (χ3v) is 5.46. The number of carboxylic acid groups (broad SMARTS) is 1. The molecule has 0 unspecified atom stereocenters. The number of carboxylic acids is 1. The van der Waals surface area contributed by atoms with Crippen molar-refractivity contribution in [3.63, 3.8) is 0 Å². The lowest BCUT2D eigenvalue weighted by Gasteiger charge is -2.13. The van der Waals surface area contributed by atoms with E-state index >= 15 is 0 Å². The van der Waals surface area contributed by atoms with Gasteiger partial charge >= 0.3 is 5.97 Å². The minimum absolute atomic E-state index is 0.126. The molecule has 0 saturated carbocycles. The smallest absolute Gasteiger partial charge is 0.357 e. The van der Waals surface area contributed by atoms with Gasteiger partial charge in [-0.25, -0.2) is 9.48 Å². The molecule has 0 aliphatic carbocycles. The Bertz CT molecular complexity index is 1240. The lowest BCUT2D eigenvalue weighted by atomic mass is 10.0. The number of rotatable bonds is 5. The fourth-order valence-electron chi connectivity index (χ4n) is 3.28. The van der Waals surface area contributed by atoms with E-state index in [0.717, 1.165) is 22.4 Å². The Balaban J connectivity index is 1.92. The van der Waals surface area contributed by atoms with Crippen LogP contribution in [0.25, 0.3) is 28.7 Å². The molecule has 0 aliphatic rings. The maximum Gasteiger partial charge on any atom is 0.357 e. The van der Waals surface area contributed by atoms with Crippen molar-refractivity contribution in [3.05, 3.63) is 69.8 Å². The summed E-state index contributed by atoms with van der Waals surface area (Å²) in [5.41, 5.74) is 3.90. The van der Waals surface area contributed by atoms with Crippen LogP contribution >= 0.6 is 15.9 Å². The Morgan fingerprint density at radius 1 is 1.10 bits per heavy atom. The zero-order valence-electron chi connectivity index (χ0n) is 16.6. The Labute approximate surface area is 181 Å². The number of hydrogen-bond donors (Lipinski definition) is 1. The highest BCUT2D eigenvalue weighted by Crippen LogP contribution is 2.36. The molecule has 0 radical (unpaired) electrons. The molecular formula is C22H19BrN4O3. The largest absolute Gasteiger partial charge is 0.476 e. The Morgan fingerprint density at radius 3 is 2.53 bits per heavy atom. The second-order valence-corrected chi connectivity index (χ2v) is 8.02. The lowest BCUT2D eigenvalue weighted by molar-refractivity contribution is 0.0689. The van der Waals surface area contributed by atoms with Crippen LogP contribution in [-0.2, 0) is 0 Å². The minimum atomic E-state index is -1.15. The molecule has 0 aliphatic heterocycles. The van der Waals surface area contributed by atoms with E-state index in [-0.39, 0.29) is 22.0 Å². The van der Waals surface area contributed by atoms with Gasteiger partial charge in [-0.2, -0.15) is 5.10 Å². The zero-order valence-corrected chi connectivity index (χ0v) is 18.2. The van der Waals surface area contributed by atoms with Crippen LogP contribution < -0.4 is 0 Å². The second-order valence-electron chi connectivity index (χ2n) is 7.22. The summed E-state index contributed by atoms with van der Waals surface area (Å²) in [7, 11) is 0. The highest BCUT2D eigenvalue weighted by atomic mass is 79.9. The Hall–Kier alpha value is -3.26. The fourth-order valence-corrected chi connectivity index (χ4v) is 3.86. The minimum Gasteiger partial charge on any atom is -0.476 e. The van der Waals surface area contributed by atoms with E-state index in [4.69, 9.17) is 4.42 Å². The molecule has 2 aromatic carbocycles. The monoisotopic (exact) mass is 466 g/mol. The zero-order chi connectivity index (χ0) is 21.4. The maximum atomic E-state index is 11.8. The van der Waals surface area contributed by atoms with Gasteiger partial charge in [-0.1, -0.05) is 49.7 Å². The number of halogens is 1. The molecule has 2 aromatic heterocycles. The fraction of sp³-hybridized carbons (Fsp3) is 0.182. The van der Waals surface area contributed by atoms with Crippen molar-refractivity contribution in [2.45, 2.75) is 26.7 Å². The van der Waals surface area contributed by atoms with Crippen molar-refractivity contribution in [1.82, 2.24) is 20.0 Å². The van der Waals surface area contributed by atoms with Gasteiger partial charge in [0.25, 0.3) is 5.89 Å². The van der Waals surface area contributed by atoms with Crippen LogP contribution in [0.3, 0.4) is 0 Å². The number of hydrogen-bond acceptors (Lipinski definition) is 5. The van der Waals surface area contributed by atoms with Crippen LogP contribution in [0, 0.1) is 6.92 Å². The standard InChI is InChI=1S/C22H19BrN4O3/c1-12(2)15-9-4-5-10-16(15)27-19(17(23)18(26-27)22(28)29)21-25-24-20(30-21)14-8-6-7-13(3)11-14/h4-12H,1-3H3,(H,28,29). The van der Waals surface area contributed by atoms with Crippen molar-refractivity contribution < 1.29 is 14.3 Å². The first-order chi connectivity index (χ1) is 14.4. The first kappa shape index (κ1) is 20.0. The van der Waals surface area contributed by atoms with Crippen LogP contribution in [0.2, 0.25) is 0 Å². The van der Waals surface area contributed by atoms with Gasteiger partial charge in [0, 0.05) is 5.56 Å². The molecule has 152 valence electrons. The van der Waals surface area contributed by atoms with E-state index in [2.05, 4.69) is 45.1 Å². The van der Waals surface area contributed by atoms with Gasteiger partial charge in [0.05, 0.1) is 10.2 Å². The highest BCUT2D eigenvalue weighted by Gasteiger charge is 2.28. The molecule has 4 aromatic rings. The molecule has 0 saturated heterocycles. The van der Waals surface area contributed by atoms with Gasteiger partial charge in [0.2, 0.25) is 5.89 Å². The van der Waals surface area contributed by atoms with E-state index in [1.165, 1.54) is 0 Å². The van der Waals surface area contributed by atoms with Crippen LogP contribution in [0.5, 0.6) is 0 Å². The van der Waals surface area contributed by atoms with Gasteiger partial charge in [-0.15, -0.1) is 10.2 Å². The predicted molar refractivity (Wildman–Crippen MR) is 116 cm³/mol. The molecule has 30 heavy (non-hydrogen) atoms. The van der Waals surface area contributed by atoms with Crippen molar-refractivity contribution in [2.75, 3.05) is 0 Å². The number of aromatic carboxylic acids is 1. The number of para-hydroxylation sites is 1. The van der Waals surface area contributed by atoms with Gasteiger partial charge < -0.3 is 9.52 Å². The topological polar surface area (TPSA) is 94.0 Å². The van der Waals surface area contributed by atoms with Gasteiger partial charge in [0.1, 0.15) is 5.69 Å². The van der Waals surface area contributed by atoms with Gasteiger partial charge in [-0.05, 0) is 52.5 Å². The lowest BCUT2D eigenvalue weighted by Crippen LogP contribution is -2.06. The predicted octanol–water partition coefficient (Wildman–Crippen LogP) is 5.48. The summed E-state index contributed by atoms with van der Waals surface area (Å²) < 4.78 is 7.78. The normalized spacial score (nSPS) is 11.2. The molecule has 0 bridgehead atoms. The van der Waals surface area contributed by atoms with Gasteiger partial charge in [-0.3, -0.25) is 0 Å². The molecule has 0 fully saturated rings. The summed E-state index contributed by atoms with van der Waals surface area (Å²) in [6, 6.07) is 15.4. The summed E-state index contributed by atoms with van der Waals surface area (Å²) in [5.74, 6) is -0.419. The van der Waals surface area contributed by atoms with Gasteiger partial charge in [0.15, 0.2) is 5.69 Å². The molecular weight excluding hydrogens is 448 g/mol. The summed E-state index contributed by atoms with van der Waals surface area (Å²) in [5, 5.41) is 22.3. The van der Waals surface area contributed by atoms with E-state index < -0.39 is 5.97 Å². The summed E-state index contributed by atoms with van der Waals surface area (Å²) in [4.78, 5) is 11.8. The molecule has 8 heteroatoms. The summed E-state index contributed by atoms with van der Waals surface area (Å²) in [6.45, 7) is 6.11. The molecule has 0 amide bonds. The Morgan fingerprint density at radius 2 is 1.83 bits per heavy atom. The average Bonchev–Trinajstić information content (AvgIpc) is 3.32. The van der Waals surface area contributed by atoms with Crippen molar-refractivity contribution in [1.29, 1.82) is 0 Å². The summed E-state index contributed by atoms with van der Waals surface area (Å²) >= 11 is 3.38. The van der Waals surface area contributed by atoms with Crippen LogP contribution in [0.15, 0.2) is 57.4 Å². The second kappa shape index (κ2) is 7.87. The van der Waals surface area contributed by atoms with E-state index in [1.807, 2.05) is 55.5 Å². The molecule has 4 rings (SSSR count). The van der Waals surface area contributed by atoms with Crippen LogP contribution in [-0.4, -0.2) is 31.1 Å². The third kappa shape index (κ3) is 3.54. The number of carbonyl (C=O) groups is 1. The Kier molecular flexibility index (Phi) is 5.26. The number of aromatic nitrogens is 4. The molecule has 7 nitrogen and oxygen atoms in total. The molecule has 0 atom stereocenters. The maximum absolute atomic E-state index is 11.8. The van der Waals surface area contributed by atoms with Crippen molar-refractivity contribution in [2.24, 2.45) is 0 Å². The van der Waals surface area contributed by atoms with Crippen molar-refractivity contribution in [3.8, 4) is 28.7 Å². The van der Waals surface area contributed by atoms with Crippen molar-refractivity contribution >= 4 is 21.9 Å². The first-order valence-corrected chi connectivity index (χ1v) is 10.2. The molecule has 2 heterocycles. The number of aryl methyl sites for hydroxylation is 1. The molecule has 1 N–H and O–H groups in total. The molecule has 0 spiro atoms. The SMILES string of the molecule is Cc1cccc(-c2nnc(-c3c(Br)c(C(=O)O)nn3-c3ccccc3C(C)C)o2)c1. The van der Waals surface area contributed by atoms with E-state index in [0.29, 0.717) is 11.6 Å².